The van der Waals surface area contributed by atoms with Gasteiger partial charge < -0.3 is 58.5 Å². The van der Waals surface area contributed by atoms with Gasteiger partial charge in [0.15, 0.2) is 8.64 Å². The molecule has 0 fully saturated rings. The number of amides is 2. The van der Waals surface area contributed by atoms with Crippen LogP contribution in [0, 0.1) is 0 Å². The Bertz CT molecular complexity index is 1550. The molecular weight excluding hydrogens is 829 g/mol. The summed E-state index contributed by atoms with van der Waals surface area (Å²) in [6.07, 6.45) is 13.5. The molecule has 232 valence electrons. The van der Waals surface area contributed by atoms with Gasteiger partial charge in [-0.3, -0.25) is 19.6 Å². The van der Waals surface area contributed by atoms with Gasteiger partial charge in [0.2, 0.25) is 0 Å². The minimum atomic E-state index is -2.03. The first-order chi connectivity index (χ1) is 21.5. The number of thiol groups is 2. The zero-order valence-corrected chi connectivity index (χ0v) is 30.1. The first-order valence-corrected chi connectivity index (χ1v) is 15.8. The molecule has 0 aromatic carbocycles. The van der Waals surface area contributed by atoms with E-state index in [1.165, 1.54) is 62.1 Å². The molecule has 0 aliphatic rings. The maximum atomic E-state index is 12.5. The van der Waals surface area contributed by atoms with Crippen LogP contribution in [0.15, 0.2) is 70.9 Å². The zero-order chi connectivity index (χ0) is 33.5. The number of anilines is 2. The number of carbonyl (C=O) groups is 2. The van der Waals surface area contributed by atoms with Gasteiger partial charge in [0.1, 0.15) is 23.9 Å². The van der Waals surface area contributed by atoms with Crippen LogP contribution in [-0.2, 0) is 50.5 Å². The first-order valence-electron chi connectivity index (χ1n) is 10.9. The van der Waals surface area contributed by atoms with Crippen LogP contribution in [-0.4, -0.2) is 69.0 Å². The number of hydrogen-bond donors (Lipinski definition) is 2. The summed E-state index contributed by atoms with van der Waals surface area (Å²) in [5.74, 6) is -1.23. The topological polar surface area (TPSA) is 185 Å². The van der Waals surface area contributed by atoms with Gasteiger partial charge in [0.25, 0.3) is 11.8 Å². The average Bonchev–Trinajstić information content (AvgIpc) is 3.74. The van der Waals surface area contributed by atoms with Crippen molar-refractivity contribution in [1.29, 1.82) is 0 Å². The number of hydrogen-bond acceptors (Lipinski definition) is 18. The van der Waals surface area contributed by atoms with Crippen LogP contribution in [0.3, 0.4) is 0 Å². The molecule has 0 unspecified atom stereocenters. The fraction of sp³-hybridized carbons (Fsp3) is 0. The minimum absolute atomic E-state index is 0.0105. The second-order valence-electron chi connectivity index (χ2n) is 6.83. The van der Waals surface area contributed by atoms with Crippen molar-refractivity contribution < 1.29 is 43.7 Å². The summed E-state index contributed by atoms with van der Waals surface area (Å²) in [6.45, 7) is 0. The predicted molar refractivity (Wildman–Crippen MR) is 179 cm³/mol. The number of hydrazine groups is 2. The van der Waals surface area contributed by atoms with Gasteiger partial charge in [-0.05, 0) is 8.64 Å². The van der Waals surface area contributed by atoms with Gasteiger partial charge in [0.05, 0.1) is 24.8 Å². The Morgan fingerprint density at radius 1 is 0.667 bits per heavy atom. The molecule has 45 heavy (non-hydrogen) atoms. The third kappa shape index (κ3) is 11.0. The van der Waals surface area contributed by atoms with Crippen molar-refractivity contribution in [3.8, 4) is 0 Å². The summed E-state index contributed by atoms with van der Waals surface area (Å²) in [5, 5.41) is 3.97. The summed E-state index contributed by atoms with van der Waals surface area (Å²) in [5.41, 5.74) is 0.0772. The molecule has 0 radical (unpaired) electrons. The van der Waals surface area contributed by atoms with Gasteiger partial charge in [-0.15, -0.1) is 25.3 Å². The maximum absolute atomic E-state index is 12.5. The molecule has 0 saturated carbocycles. The van der Waals surface area contributed by atoms with Crippen molar-refractivity contribution in [2.75, 3.05) is 10.0 Å². The molecule has 0 atom stereocenters. The van der Waals surface area contributed by atoms with Crippen LogP contribution >= 0.6 is 74.1 Å². The van der Waals surface area contributed by atoms with Crippen LogP contribution < -0.4 is 10.0 Å². The predicted octanol–water partition coefficient (Wildman–Crippen LogP) is 2.51. The molecule has 4 heterocycles. The SMILES string of the molecule is O=C(c1cnccn1)N(C(=S)S)N(C(=S)[S-])c1ncco1.O=C(c1cnccn1)N(C(=S)S)N(C(=S)[S-])c1ncco1.[O]=[Mo+2]=[O]. The second-order valence-corrected chi connectivity index (χ2v) is 11.5. The second kappa shape index (κ2) is 19.4. The molecular formula is C20H12MoN10O6S8. The number of carbonyl (C=O) groups excluding carboxylic acids is 2. The van der Waals surface area contributed by atoms with Crippen molar-refractivity contribution in [2.24, 2.45) is 0 Å². The Balaban J connectivity index is 0.000000288. The van der Waals surface area contributed by atoms with Crippen molar-refractivity contribution in [2.45, 2.75) is 0 Å². The Labute approximate surface area is 305 Å². The number of rotatable bonds is 4. The molecule has 2 amide bonds. The van der Waals surface area contributed by atoms with E-state index < -0.39 is 30.3 Å². The van der Waals surface area contributed by atoms with E-state index in [0.717, 1.165) is 20.0 Å². The number of aromatic nitrogens is 6. The normalized spacial score (nSPS) is 9.47. The van der Waals surface area contributed by atoms with Crippen LogP contribution in [0.25, 0.3) is 0 Å². The van der Waals surface area contributed by atoms with E-state index in [1.807, 2.05) is 0 Å². The van der Waals surface area contributed by atoms with E-state index in [4.69, 9.17) is 89.8 Å². The monoisotopic (exact) mass is 842 g/mol. The summed E-state index contributed by atoms with van der Waals surface area (Å²) >= 11 is 35.7. The third-order valence-electron chi connectivity index (χ3n) is 4.26. The van der Waals surface area contributed by atoms with Crippen LogP contribution in [0.2, 0.25) is 0 Å². The molecule has 0 bridgehead atoms. The molecule has 16 nitrogen and oxygen atoms in total. The molecule has 0 N–H and O–H groups in total. The molecule has 4 aromatic heterocycles. The number of nitrogens with zero attached hydrogens (tertiary/aromatic N) is 10. The van der Waals surface area contributed by atoms with Crippen LogP contribution in [0.4, 0.5) is 12.0 Å². The molecule has 0 aliphatic heterocycles. The van der Waals surface area contributed by atoms with E-state index >= 15 is 0 Å². The van der Waals surface area contributed by atoms with Crippen LogP contribution in [0.1, 0.15) is 21.0 Å². The summed E-state index contributed by atoms with van der Waals surface area (Å²) in [7, 11) is 0. The Morgan fingerprint density at radius 2 is 1.02 bits per heavy atom. The summed E-state index contributed by atoms with van der Waals surface area (Å²) in [6, 6.07) is -0.0210. The summed E-state index contributed by atoms with van der Waals surface area (Å²) in [4.78, 5) is 48.2. The van der Waals surface area contributed by atoms with Crippen molar-refractivity contribution >= 4 is 141 Å². The fourth-order valence-electron chi connectivity index (χ4n) is 2.69. The number of thiocarbonyl (C=S) groups is 4. The molecule has 4 rings (SSSR count). The Morgan fingerprint density at radius 3 is 1.24 bits per heavy atom. The van der Waals surface area contributed by atoms with Gasteiger partial charge in [-0.25, -0.2) is 30.0 Å². The molecule has 4 aromatic rings. The van der Waals surface area contributed by atoms with Gasteiger partial charge in [0, 0.05) is 24.8 Å². The van der Waals surface area contributed by atoms with Crippen molar-refractivity contribution in [3.05, 3.63) is 73.5 Å². The number of oxazole rings is 2. The molecule has 0 aliphatic carbocycles. The molecule has 0 saturated heterocycles. The third-order valence-corrected chi connectivity index (χ3v) is 5.68. The van der Waals surface area contributed by atoms with Gasteiger partial charge in [-0.1, -0.05) is 24.4 Å². The quantitative estimate of drug-likeness (QED) is 0.100. The zero-order valence-electron chi connectivity index (χ0n) is 21.4. The van der Waals surface area contributed by atoms with Gasteiger partial charge >= 0.3 is 37.3 Å². The van der Waals surface area contributed by atoms with Gasteiger partial charge in [-0.2, -0.15) is 10.0 Å². The molecule has 25 heteroatoms. The van der Waals surface area contributed by atoms with E-state index in [9.17, 15) is 9.59 Å². The van der Waals surface area contributed by atoms with E-state index in [1.54, 1.807) is 0 Å². The standard InChI is InChI=1S/2C10H7N5O2S4.Mo.2O/c2*16-7(6-5-11-1-2-12-6)14(9(18)19)15(10(20)21)8-13-3-4-17-8;;;/h2*1-5H,(H,18,19)(H,20,21);;;/q;;+2;;/p-2. The first kappa shape index (κ1) is 38.1. The average molecular weight is 841 g/mol. The van der Waals surface area contributed by atoms with E-state index in [-0.39, 0.29) is 40.7 Å². The fourth-order valence-corrected chi connectivity index (χ4v) is 4.02. The Kier molecular flexibility index (Phi) is 16.4. The van der Waals surface area contributed by atoms with E-state index in [0.29, 0.717) is 0 Å². The summed E-state index contributed by atoms with van der Waals surface area (Å²) < 4.78 is 26.8. The van der Waals surface area contributed by atoms with Crippen molar-refractivity contribution in [1.82, 2.24) is 39.9 Å². The van der Waals surface area contributed by atoms with E-state index in [2.05, 4.69) is 55.2 Å². The van der Waals surface area contributed by atoms with Crippen molar-refractivity contribution in [3.63, 3.8) is 0 Å². The molecule has 0 spiro atoms. The van der Waals surface area contributed by atoms with Crippen LogP contribution in [0.5, 0.6) is 0 Å². The Hall–Kier alpha value is -3.09.